The summed E-state index contributed by atoms with van der Waals surface area (Å²) in [6.07, 6.45) is 0.275. The van der Waals surface area contributed by atoms with Crippen LogP contribution in [-0.4, -0.2) is 24.1 Å². The van der Waals surface area contributed by atoms with E-state index >= 15 is 0 Å². The van der Waals surface area contributed by atoms with Crippen LogP contribution < -0.4 is 15.4 Å². The number of hydrogen-bond acceptors (Lipinski definition) is 4. The molecule has 36 heavy (non-hydrogen) atoms. The lowest BCUT2D eigenvalue weighted by Crippen LogP contribution is -2.51. The number of anilines is 1. The number of aryl methyl sites for hydroxylation is 1. The molecule has 2 amide bonds. The number of alkyl carbamates (subject to hydrolysis) is 1. The molecular weight excluding hydrogens is 452 g/mol. The summed E-state index contributed by atoms with van der Waals surface area (Å²) in [6.45, 7) is 10.2. The van der Waals surface area contributed by atoms with Crippen molar-refractivity contribution >= 4 is 17.7 Å². The molecule has 0 aromatic heterocycles. The van der Waals surface area contributed by atoms with E-state index < -0.39 is 11.6 Å². The number of rotatable bonds is 10. The van der Waals surface area contributed by atoms with Crippen molar-refractivity contribution in [3.8, 4) is 16.9 Å². The lowest BCUT2D eigenvalue weighted by Gasteiger charge is -2.32. The van der Waals surface area contributed by atoms with E-state index in [1.807, 2.05) is 80.6 Å². The number of carbonyl (C=O) groups excluding carboxylic acids is 2. The average Bonchev–Trinajstić information content (AvgIpc) is 2.82. The van der Waals surface area contributed by atoms with Crippen LogP contribution in [-0.2, 0) is 16.1 Å². The highest BCUT2D eigenvalue weighted by atomic mass is 16.5. The molecule has 0 aliphatic rings. The molecule has 0 bridgehead atoms. The van der Waals surface area contributed by atoms with Gasteiger partial charge in [-0.15, -0.1) is 0 Å². The molecule has 0 saturated carbocycles. The Morgan fingerprint density at radius 3 is 2.33 bits per heavy atom. The van der Waals surface area contributed by atoms with E-state index in [4.69, 9.17) is 9.47 Å². The SMILES string of the molecule is CC(=O)Nc1cccc(-c2ccc(OCC(C)(CC(C)C)NC(=O)OCc3ccccc3)c(C)c2)c1. The predicted octanol–water partition coefficient (Wildman–Crippen LogP) is 6.73. The third-order valence-corrected chi connectivity index (χ3v) is 5.71. The van der Waals surface area contributed by atoms with Gasteiger partial charge in [-0.25, -0.2) is 4.79 Å². The van der Waals surface area contributed by atoms with Crippen molar-refractivity contribution in [1.82, 2.24) is 5.32 Å². The summed E-state index contributed by atoms with van der Waals surface area (Å²) < 4.78 is 11.7. The number of amides is 2. The Bertz CT molecular complexity index is 1180. The Morgan fingerprint density at radius 2 is 1.67 bits per heavy atom. The zero-order chi connectivity index (χ0) is 26.1. The Kier molecular flexibility index (Phi) is 9.12. The van der Waals surface area contributed by atoms with Crippen molar-refractivity contribution in [2.24, 2.45) is 5.92 Å². The molecule has 0 radical (unpaired) electrons. The standard InChI is InChI=1S/C30H36N2O4/c1-21(2)18-30(5,32-29(34)35-19-24-10-7-6-8-11-24)20-36-28-15-14-26(16-22(28)3)25-12-9-13-27(17-25)31-23(4)33/h6-17,21H,18-20H2,1-5H3,(H,31,33)(H,32,34). The fraction of sp³-hybridized carbons (Fsp3) is 0.333. The van der Waals surface area contributed by atoms with Gasteiger partial charge in [-0.3, -0.25) is 4.79 Å². The Balaban J connectivity index is 1.66. The molecule has 3 aromatic rings. The first-order valence-electron chi connectivity index (χ1n) is 12.2. The van der Waals surface area contributed by atoms with E-state index in [2.05, 4.69) is 30.5 Å². The molecule has 0 heterocycles. The maximum absolute atomic E-state index is 12.6. The average molecular weight is 489 g/mol. The quantitative estimate of drug-likeness (QED) is 0.332. The third kappa shape index (κ3) is 8.15. The van der Waals surface area contributed by atoms with Gasteiger partial charge in [-0.1, -0.05) is 62.4 Å². The lowest BCUT2D eigenvalue weighted by atomic mass is 9.91. The third-order valence-electron chi connectivity index (χ3n) is 5.71. The van der Waals surface area contributed by atoms with Crippen molar-refractivity contribution in [3.05, 3.63) is 83.9 Å². The van der Waals surface area contributed by atoms with Gasteiger partial charge in [0.05, 0.1) is 5.54 Å². The summed E-state index contributed by atoms with van der Waals surface area (Å²) in [7, 11) is 0. The van der Waals surface area contributed by atoms with Gasteiger partial charge < -0.3 is 20.1 Å². The van der Waals surface area contributed by atoms with Crippen LogP contribution >= 0.6 is 0 Å². The van der Waals surface area contributed by atoms with Crippen LogP contribution in [0.25, 0.3) is 11.1 Å². The van der Waals surface area contributed by atoms with Gasteiger partial charge in [0.2, 0.25) is 5.91 Å². The molecule has 6 nitrogen and oxygen atoms in total. The minimum absolute atomic E-state index is 0.103. The Labute approximate surface area is 214 Å². The molecule has 0 aliphatic heterocycles. The van der Waals surface area contributed by atoms with Crippen LogP contribution in [0.1, 0.15) is 45.2 Å². The normalized spacial score (nSPS) is 12.5. The highest BCUT2D eigenvalue weighted by Crippen LogP contribution is 2.29. The molecule has 6 heteroatoms. The molecule has 0 aliphatic carbocycles. The van der Waals surface area contributed by atoms with Gasteiger partial charge >= 0.3 is 6.09 Å². The first-order valence-corrected chi connectivity index (χ1v) is 12.2. The Hall–Kier alpha value is -3.80. The fourth-order valence-electron chi connectivity index (χ4n) is 4.26. The number of carbonyl (C=O) groups is 2. The maximum Gasteiger partial charge on any atom is 0.408 e. The van der Waals surface area contributed by atoms with Gasteiger partial charge in [-0.05, 0) is 72.7 Å². The van der Waals surface area contributed by atoms with Crippen LogP contribution in [0.2, 0.25) is 0 Å². The molecule has 190 valence electrons. The highest BCUT2D eigenvalue weighted by molar-refractivity contribution is 5.89. The summed E-state index contributed by atoms with van der Waals surface area (Å²) in [5, 5.41) is 5.84. The number of nitrogens with one attached hydrogen (secondary N) is 2. The summed E-state index contributed by atoms with van der Waals surface area (Å²) >= 11 is 0. The van der Waals surface area contributed by atoms with Crippen LogP contribution in [0.15, 0.2) is 72.8 Å². The summed E-state index contributed by atoms with van der Waals surface area (Å²) in [4.78, 5) is 24.0. The topological polar surface area (TPSA) is 76.7 Å². The number of ether oxygens (including phenoxy) is 2. The number of benzene rings is 3. The van der Waals surface area contributed by atoms with Gasteiger partial charge in [0.15, 0.2) is 0 Å². The highest BCUT2D eigenvalue weighted by Gasteiger charge is 2.29. The zero-order valence-corrected chi connectivity index (χ0v) is 21.8. The molecule has 2 N–H and O–H groups in total. The van der Waals surface area contributed by atoms with E-state index in [1.165, 1.54) is 6.92 Å². The largest absolute Gasteiger partial charge is 0.491 e. The van der Waals surface area contributed by atoms with Gasteiger partial charge in [0.25, 0.3) is 0 Å². The first kappa shape index (κ1) is 26.8. The van der Waals surface area contributed by atoms with Crippen molar-refractivity contribution in [1.29, 1.82) is 0 Å². The van der Waals surface area contributed by atoms with Crippen LogP contribution in [0.3, 0.4) is 0 Å². The monoisotopic (exact) mass is 488 g/mol. The molecule has 0 saturated heterocycles. The minimum Gasteiger partial charge on any atom is -0.491 e. The van der Waals surface area contributed by atoms with E-state index in [0.717, 1.165) is 40.1 Å². The van der Waals surface area contributed by atoms with E-state index in [1.54, 1.807) is 0 Å². The van der Waals surface area contributed by atoms with Crippen LogP contribution in [0, 0.1) is 12.8 Å². The fourth-order valence-corrected chi connectivity index (χ4v) is 4.26. The molecular formula is C30H36N2O4. The minimum atomic E-state index is -0.597. The summed E-state index contributed by atoms with van der Waals surface area (Å²) in [5.74, 6) is 1.01. The molecule has 1 unspecified atom stereocenters. The van der Waals surface area contributed by atoms with Crippen molar-refractivity contribution in [2.45, 2.75) is 53.2 Å². The van der Waals surface area contributed by atoms with Crippen molar-refractivity contribution in [2.75, 3.05) is 11.9 Å². The van der Waals surface area contributed by atoms with Gasteiger partial charge in [-0.2, -0.15) is 0 Å². The second kappa shape index (κ2) is 12.2. The predicted molar refractivity (Wildman–Crippen MR) is 144 cm³/mol. The molecule has 3 rings (SSSR count). The first-order chi connectivity index (χ1) is 17.1. The molecule has 3 aromatic carbocycles. The zero-order valence-electron chi connectivity index (χ0n) is 21.8. The van der Waals surface area contributed by atoms with Crippen molar-refractivity contribution < 1.29 is 19.1 Å². The van der Waals surface area contributed by atoms with E-state index in [-0.39, 0.29) is 12.5 Å². The summed E-state index contributed by atoms with van der Waals surface area (Å²) in [6, 6.07) is 23.3. The second-order valence-electron chi connectivity index (χ2n) is 9.88. The maximum atomic E-state index is 12.6. The van der Waals surface area contributed by atoms with Crippen LogP contribution in [0.5, 0.6) is 5.75 Å². The van der Waals surface area contributed by atoms with Gasteiger partial charge in [0, 0.05) is 12.6 Å². The molecule has 0 fully saturated rings. The van der Waals surface area contributed by atoms with E-state index in [9.17, 15) is 9.59 Å². The Morgan fingerprint density at radius 1 is 0.944 bits per heavy atom. The number of hydrogen-bond donors (Lipinski definition) is 2. The van der Waals surface area contributed by atoms with E-state index in [0.29, 0.717) is 12.5 Å². The smallest absolute Gasteiger partial charge is 0.408 e. The van der Waals surface area contributed by atoms with Gasteiger partial charge in [0.1, 0.15) is 19.0 Å². The molecule has 1 atom stereocenters. The molecule has 0 spiro atoms. The second-order valence-corrected chi connectivity index (χ2v) is 9.88. The summed E-state index contributed by atoms with van der Waals surface area (Å²) in [5.41, 5.74) is 4.11. The van der Waals surface area contributed by atoms with Crippen LogP contribution in [0.4, 0.5) is 10.5 Å². The lowest BCUT2D eigenvalue weighted by molar-refractivity contribution is -0.114. The van der Waals surface area contributed by atoms with Crippen molar-refractivity contribution in [3.63, 3.8) is 0 Å².